The summed E-state index contributed by atoms with van der Waals surface area (Å²) in [6.07, 6.45) is 12.7. The average molecular weight is 240 g/mol. The van der Waals surface area contributed by atoms with Crippen molar-refractivity contribution in [3.05, 3.63) is 0 Å². The van der Waals surface area contributed by atoms with E-state index in [4.69, 9.17) is 4.74 Å². The quantitative estimate of drug-likeness (QED) is 0.816. The summed E-state index contributed by atoms with van der Waals surface area (Å²) < 4.78 is 5.37. The molecule has 2 heteroatoms. The summed E-state index contributed by atoms with van der Waals surface area (Å²) >= 11 is 0. The second-order valence-electron chi connectivity index (χ2n) is 6.03. The highest BCUT2D eigenvalue weighted by atomic mass is 16.5. The largest absolute Gasteiger partial charge is 0.394 e. The molecule has 0 bridgehead atoms. The highest BCUT2D eigenvalue weighted by Crippen LogP contribution is 2.40. The molecule has 100 valence electrons. The van der Waals surface area contributed by atoms with Crippen LogP contribution in [-0.2, 0) is 4.74 Å². The van der Waals surface area contributed by atoms with E-state index in [1.807, 2.05) is 0 Å². The van der Waals surface area contributed by atoms with E-state index < -0.39 is 0 Å². The van der Waals surface area contributed by atoms with Gasteiger partial charge in [-0.25, -0.2) is 0 Å². The number of aliphatic hydroxyl groups is 1. The maximum absolute atomic E-state index is 9.27. The van der Waals surface area contributed by atoms with Gasteiger partial charge in [0.15, 0.2) is 0 Å². The second kappa shape index (κ2) is 6.75. The van der Waals surface area contributed by atoms with Gasteiger partial charge in [-0.15, -0.1) is 0 Å². The molecule has 0 saturated heterocycles. The number of ether oxygens (including phenoxy) is 1. The van der Waals surface area contributed by atoms with E-state index >= 15 is 0 Å². The Morgan fingerprint density at radius 3 is 2.06 bits per heavy atom. The van der Waals surface area contributed by atoms with Gasteiger partial charge in [0.05, 0.1) is 12.7 Å². The molecule has 2 aliphatic carbocycles. The highest BCUT2D eigenvalue weighted by molar-refractivity contribution is 4.82. The van der Waals surface area contributed by atoms with Crippen LogP contribution in [0.5, 0.6) is 0 Å². The topological polar surface area (TPSA) is 29.5 Å². The summed E-state index contributed by atoms with van der Waals surface area (Å²) in [5.74, 6) is 2.59. The summed E-state index contributed by atoms with van der Waals surface area (Å²) in [5, 5.41) is 9.27. The Balaban J connectivity index is 1.76. The second-order valence-corrected chi connectivity index (χ2v) is 6.03. The molecule has 2 fully saturated rings. The van der Waals surface area contributed by atoms with Crippen molar-refractivity contribution in [2.45, 2.75) is 63.9 Å². The van der Waals surface area contributed by atoms with Gasteiger partial charge in [-0.2, -0.15) is 0 Å². The zero-order valence-electron chi connectivity index (χ0n) is 11.2. The molecule has 1 N–H and O–H groups in total. The lowest BCUT2D eigenvalue weighted by atomic mass is 9.70. The Hall–Kier alpha value is -0.0800. The van der Waals surface area contributed by atoms with E-state index in [9.17, 15) is 5.11 Å². The minimum Gasteiger partial charge on any atom is -0.394 e. The first-order valence-electron chi connectivity index (χ1n) is 7.48. The Kier molecular flexibility index (Phi) is 5.30. The molecule has 17 heavy (non-hydrogen) atoms. The van der Waals surface area contributed by atoms with Gasteiger partial charge in [0.1, 0.15) is 0 Å². The van der Waals surface area contributed by atoms with Crippen molar-refractivity contribution in [1.29, 1.82) is 0 Å². The molecular formula is C15H28O2. The molecule has 0 heterocycles. The van der Waals surface area contributed by atoms with Gasteiger partial charge in [-0.3, -0.25) is 0 Å². The molecule has 0 aromatic rings. The molecule has 2 saturated carbocycles. The molecule has 1 atom stereocenters. The van der Waals surface area contributed by atoms with Gasteiger partial charge in [-0.05, 0) is 43.4 Å². The van der Waals surface area contributed by atoms with Gasteiger partial charge in [0.2, 0.25) is 0 Å². The lowest BCUT2D eigenvalue weighted by Crippen LogP contribution is -2.32. The number of hydrogen-bond acceptors (Lipinski definition) is 2. The van der Waals surface area contributed by atoms with E-state index in [1.54, 1.807) is 7.11 Å². The molecule has 0 aromatic heterocycles. The van der Waals surface area contributed by atoms with Crippen LogP contribution in [0.3, 0.4) is 0 Å². The van der Waals surface area contributed by atoms with Gasteiger partial charge in [-0.1, -0.05) is 32.1 Å². The molecule has 2 nitrogen and oxygen atoms in total. The molecule has 1 unspecified atom stereocenters. The smallest absolute Gasteiger partial charge is 0.0830 e. The predicted molar refractivity (Wildman–Crippen MR) is 69.9 cm³/mol. The van der Waals surface area contributed by atoms with Crippen LogP contribution in [0.15, 0.2) is 0 Å². The molecule has 0 amide bonds. The Morgan fingerprint density at radius 2 is 1.53 bits per heavy atom. The summed E-state index contributed by atoms with van der Waals surface area (Å²) in [4.78, 5) is 0. The molecular weight excluding hydrogens is 212 g/mol. The maximum Gasteiger partial charge on any atom is 0.0830 e. The average Bonchev–Trinajstić information content (AvgIpc) is 2.42. The van der Waals surface area contributed by atoms with Crippen molar-refractivity contribution < 1.29 is 9.84 Å². The maximum atomic E-state index is 9.27. The summed E-state index contributed by atoms with van der Waals surface area (Å²) in [6.45, 7) is 0.190. The molecule has 0 aliphatic heterocycles. The first-order valence-corrected chi connectivity index (χ1v) is 7.48. The monoisotopic (exact) mass is 240 g/mol. The van der Waals surface area contributed by atoms with Gasteiger partial charge in [0.25, 0.3) is 0 Å². The Morgan fingerprint density at radius 1 is 0.941 bits per heavy atom. The predicted octanol–water partition coefficient (Wildman–Crippen LogP) is 3.38. The van der Waals surface area contributed by atoms with Crippen molar-refractivity contribution in [2.75, 3.05) is 13.7 Å². The fourth-order valence-corrected chi connectivity index (χ4v) is 4.01. The third-order valence-electron chi connectivity index (χ3n) is 5.14. The standard InChI is InChI=1S/C15H28O2/c1-17-15(11-16)14-9-7-13(8-10-14)12-5-3-2-4-6-12/h12-16H,2-11H2,1H3. The van der Waals surface area contributed by atoms with Gasteiger partial charge < -0.3 is 9.84 Å². The number of aliphatic hydroxyl groups excluding tert-OH is 1. The zero-order chi connectivity index (χ0) is 12.1. The van der Waals surface area contributed by atoms with Crippen molar-refractivity contribution in [3.63, 3.8) is 0 Å². The Bertz CT molecular complexity index is 199. The first kappa shape index (κ1) is 13.4. The molecule has 0 aromatic carbocycles. The van der Waals surface area contributed by atoms with Crippen LogP contribution in [0.1, 0.15) is 57.8 Å². The van der Waals surface area contributed by atoms with Crippen molar-refractivity contribution >= 4 is 0 Å². The Labute approximate surface area is 106 Å². The van der Waals surface area contributed by atoms with E-state index in [-0.39, 0.29) is 12.7 Å². The third-order valence-corrected chi connectivity index (χ3v) is 5.14. The van der Waals surface area contributed by atoms with E-state index in [0.29, 0.717) is 5.92 Å². The van der Waals surface area contributed by atoms with Crippen molar-refractivity contribution in [1.82, 2.24) is 0 Å². The fourth-order valence-electron chi connectivity index (χ4n) is 4.01. The lowest BCUT2D eigenvalue weighted by Gasteiger charge is -2.37. The number of hydrogen-bond donors (Lipinski definition) is 1. The van der Waals surface area contributed by atoms with Gasteiger partial charge in [0, 0.05) is 7.11 Å². The normalized spacial score (nSPS) is 33.5. The SMILES string of the molecule is COC(CO)C1CCC(C2CCCCC2)CC1. The molecule has 0 radical (unpaired) electrons. The summed E-state index contributed by atoms with van der Waals surface area (Å²) in [5.41, 5.74) is 0. The number of rotatable bonds is 4. The van der Waals surface area contributed by atoms with Gasteiger partial charge >= 0.3 is 0 Å². The number of methoxy groups -OCH3 is 1. The van der Waals surface area contributed by atoms with Crippen LogP contribution in [0.25, 0.3) is 0 Å². The fraction of sp³-hybridized carbons (Fsp3) is 1.00. The minimum atomic E-state index is 0.0855. The van der Waals surface area contributed by atoms with Crippen LogP contribution in [0.2, 0.25) is 0 Å². The van der Waals surface area contributed by atoms with Crippen molar-refractivity contribution in [3.8, 4) is 0 Å². The summed E-state index contributed by atoms with van der Waals surface area (Å²) in [7, 11) is 1.73. The van der Waals surface area contributed by atoms with E-state index in [1.165, 1.54) is 57.8 Å². The van der Waals surface area contributed by atoms with Crippen LogP contribution < -0.4 is 0 Å². The highest BCUT2D eigenvalue weighted by Gasteiger charge is 2.31. The molecule has 2 aliphatic rings. The van der Waals surface area contributed by atoms with Crippen LogP contribution in [0, 0.1) is 17.8 Å². The summed E-state index contributed by atoms with van der Waals surface area (Å²) in [6, 6.07) is 0. The van der Waals surface area contributed by atoms with Crippen LogP contribution in [-0.4, -0.2) is 24.9 Å². The molecule has 2 rings (SSSR count). The minimum absolute atomic E-state index is 0.0855. The molecule has 0 spiro atoms. The van der Waals surface area contributed by atoms with Crippen molar-refractivity contribution in [2.24, 2.45) is 17.8 Å². The third kappa shape index (κ3) is 3.45. The first-order chi connectivity index (χ1) is 8.35. The van der Waals surface area contributed by atoms with Crippen LogP contribution in [0.4, 0.5) is 0 Å². The van der Waals surface area contributed by atoms with E-state index in [0.717, 1.165) is 11.8 Å². The lowest BCUT2D eigenvalue weighted by molar-refractivity contribution is -0.0131. The zero-order valence-corrected chi connectivity index (χ0v) is 11.2. The van der Waals surface area contributed by atoms with E-state index in [2.05, 4.69) is 0 Å². The van der Waals surface area contributed by atoms with Crippen LogP contribution >= 0.6 is 0 Å².